The molecule has 2 N–H and O–H groups in total. The minimum atomic E-state index is -0.146. The highest BCUT2D eigenvalue weighted by Gasteiger charge is 1.99. The number of esters is 1. The molecule has 0 aromatic rings. The van der Waals surface area contributed by atoms with Gasteiger partial charge in [-0.25, -0.2) is 0 Å². The van der Waals surface area contributed by atoms with Crippen LogP contribution < -0.4 is 10.6 Å². The van der Waals surface area contributed by atoms with E-state index < -0.39 is 0 Å². The van der Waals surface area contributed by atoms with E-state index in [9.17, 15) is 4.79 Å². The van der Waals surface area contributed by atoms with Crippen LogP contribution in [0.1, 0.15) is 46.0 Å². The van der Waals surface area contributed by atoms with Crippen molar-refractivity contribution in [1.29, 1.82) is 0 Å². The molecule has 0 aromatic carbocycles. The lowest BCUT2D eigenvalue weighted by Crippen LogP contribution is -2.37. The maximum Gasteiger partial charge on any atom is 0.305 e. The minimum Gasteiger partial charge on any atom is -0.469 e. The number of rotatable bonds is 9. The van der Waals surface area contributed by atoms with Gasteiger partial charge in [0.05, 0.1) is 7.11 Å². The van der Waals surface area contributed by atoms with E-state index in [2.05, 4.69) is 27.3 Å². The highest BCUT2D eigenvalue weighted by atomic mass is 127. The molecular weight excluding hydrogens is 357 g/mol. The summed E-state index contributed by atoms with van der Waals surface area (Å²) >= 11 is 0. The van der Waals surface area contributed by atoms with Crippen molar-refractivity contribution >= 4 is 35.9 Å². The molecule has 0 aliphatic heterocycles. The molecule has 0 aromatic heterocycles. The molecule has 0 unspecified atom stereocenters. The maximum atomic E-state index is 10.9. The van der Waals surface area contributed by atoms with E-state index in [0.717, 1.165) is 44.9 Å². The lowest BCUT2D eigenvalue weighted by atomic mass is 10.2. The SMILES string of the molecule is CCCCNC(=NCCCCC(=O)OC)NCC.I. The maximum absolute atomic E-state index is 10.9. The largest absolute Gasteiger partial charge is 0.469 e. The highest BCUT2D eigenvalue weighted by molar-refractivity contribution is 14.0. The van der Waals surface area contributed by atoms with Gasteiger partial charge >= 0.3 is 5.97 Å². The second-order valence-corrected chi connectivity index (χ2v) is 4.07. The first kappa shape index (κ1) is 20.8. The number of guanidine groups is 1. The number of hydrogen-bond donors (Lipinski definition) is 2. The van der Waals surface area contributed by atoms with Gasteiger partial charge in [0.2, 0.25) is 0 Å². The Morgan fingerprint density at radius 1 is 1.16 bits per heavy atom. The predicted molar refractivity (Wildman–Crippen MR) is 90.2 cm³/mol. The standard InChI is InChI=1S/C13H27N3O2.HI/c1-4-6-10-15-13(14-5-2)16-11-8-7-9-12(17)18-3;/h4-11H2,1-3H3,(H2,14,15,16);1H. The lowest BCUT2D eigenvalue weighted by molar-refractivity contribution is -0.140. The first-order valence-corrected chi connectivity index (χ1v) is 6.83. The molecule has 0 radical (unpaired) electrons. The molecule has 0 atom stereocenters. The number of carbonyl (C=O) groups excluding carboxylic acids is 1. The van der Waals surface area contributed by atoms with Gasteiger partial charge in [0.15, 0.2) is 5.96 Å². The molecule has 0 spiro atoms. The summed E-state index contributed by atoms with van der Waals surface area (Å²) in [6, 6.07) is 0. The quantitative estimate of drug-likeness (QED) is 0.210. The van der Waals surface area contributed by atoms with E-state index >= 15 is 0 Å². The second kappa shape index (κ2) is 15.5. The third-order valence-corrected chi connectivity index (χ3v) is 2.45. The molecule has 0 heterocycles. The third-order valence-electron chi connectivity index (χ3n) is 2.45. The Labute approximate surface area is 134 Å². The summed E-state index contributed by atoms with van der Waals surface area (Å²) in [6.45, 7) is 6.76. The van der Waals surface area contributed by atoms with E-state index in [-0.39, 0.29) is 29.9 Å². The molecule has 0 aliphatic carbocycles. The topological polar surface area (TPSA) is 62.7 Å². The summed E-state index contributed by atoms with van der Waals surface area (Å²) in [4.78, 5) is 15.4. The lowest BCUT2D eigenvalue weighted by Gasteiger charge is -2.10. The number of halogens is 1. The van der Waals surface area contributed by atoms with Crippen molar-refractivity contribution < 1.29 is 9.53 Å². The number of unbranched alkanes of at least 4 members (excludes halogenated alkanes) is 2. The molecule has 19 heavy (non-hydrogen) atoms. The predicted octanol–water partition coefficient (Wildman–Crippen LogP) is 2.30. The Balaban J connectivity index is 0. The summed E-state index contributed by atoms with van der Waals surface area (Å²) in [6.07, 6.45) is 4.52. The zero-order chi connectivity index (χ0) is 13.6. The van der Waals surface area contributed by atoms with Crippen LogP contribution in [-0.2, 0) is 9.53 Å². The average Bonchev–Trinajstić information content (AvgIpc) is 2.38. The van der Waals surface area contributed by atoms with Crippen LogP contribution >= 0.6 is 24.0 Å². The first-order chi connectivity index (χ1) is 8.74. The van der Waals surface area contributed by atoms with Crippen LogP contribution in [-0.4, -0.2) is 38.7 Å². The molecule has 0 saturated heterocycles. The fourth-order valence-electron chi connectivity index (χ4n) is 1.40. The van der Waals surface area contributed by atoms with Crippen molar-refractivity contribution in [3.05, 3.63) is 0 Å². The number of aliphatic imine (C=N–C) groups is 1. The Kier molecular flexibility index (Phi) is 17.0. The van der Waals surface area contributed by atoms with E-state index in [1.807, 2.05) is 6.92 Å². The molecule has 0 fully saturated rings. The molecule has 0 amide bonds. The average molecular weight is 385 g/mol. The van der Waals surface area contributed by atoms with Crippen LogP contribution in [0.5, 0.6) is 0 Å². The molecule has 6 heteroatoms. The van der Waals surface area contributed by atoms with Gasteiger partial charge in [-0.3, -0.25) is 9.79 Å². The van der Waals surface area contributed by atoms with Crippen molar-refractivity contribution in [3.63, 3.8) is 0 Å². The van der Waals surface area contributed by atoms with Gasteiger partial charge in [-0.15, -0.1) is 24.0 Å². The summed E-state index contributed by atoms with van der Waals surface area (Å²) in [5.74, 6) is 0.718. The highest BCUT2D eigenvalue weighted by Crippen LogP contribution is 1.97. The van der Waals surface area contributed by atoms with E-state index in [4.69, 9.17) is 0 Å². The van der Waals surface area contributed by atoms with E-state index in [0.29, 0.717) is 6.42 Å². The third kappa shape index (κ3) is 13.7. The van der Waals surface area contributed by atoms with Crippen LogP contribution in [0.3, 0.4) is 0 Å². The van der Waals surface area contributed by atoms with Crippen LogP contribution in [0.4, 0.5) is 0 Å². The van der Waals surface area contributed by atoms with Gasteiger partial charge in [0.1, 0.15) is 0 Å². The fraction of sp³-hybridized carbons (Fsp3) is 0.846. The molecular formula is C13H28IN3O2. The van der Waals surface area contributed by atoms with Crippen molar-refractivity contribution in [2.24, 2.45) is 4.99 Å². The Morgan fingerprint density at radius 3 is 2.47 bits per heavy atom. The first-order valence-electron chi connectivity index (χ1n) is 6.83. The number of hydrogen-bond acceptors (Lipinski definition) is 3. The molecule has 114 valence electrons. The van der Waals surface area contributed by atoms with Crippen molar-refractivity contribution in [1.82, 2.24) is 10.6 Å². The van der Waals surface area contributed by atoms with Crippen molar-refractivity contribution in [3.8, 4) is 0 Å². The number of carbonyl (C=O) groups is 1. The Hall–Kier alpha value is -0.530. The summed E-state index contributed by atoms with van der Waals surface area (Å²) in [5.41, 5.74) is 0. The van der Waals surface area contributed by atoms with Crippen LogP contribution in [0, 0.1) is 0 Å². The Morgan fingerprint density at radius 2 is 1.89 bits per heavy atom. The Bertz CT molecular complexity index is 248. The molecule has 0 rings (SSSR count). The molecule has 5 nitrogen and oxygen atoms in total. The number of methoxy groups -OCH3 is 1. The zero-order valence-corrected chi connectivity index (χ0v) is 14.7. The van der Waals surface area contributed by atoms with Crippen molar-refractivity contribution in [2.75, 3.05) is 26.7 Å². The van der Waals surface area contributed by atoms with Gasteiger partial charge < -0.3 is 15.4 Å². The van der Waals surface area contributed by atoms with Crippen LogP contribution in [0.25, 0.3) is 0 Å². The zero-order valence-electron chi connectivity index (χ0n) is 12.3. The van der Waals surface area contributed by atoms with E-state index in [1.165, 1.54) is 13.5 Å². The minimum absolute atomic E-state index is 0. The van der Waals surface area contributed by atoms with E-state index in [1.54, 1.807) is 0 Å². The van der Waals surface area contributed by atoms with Crippen molar-refractivity contribution in [2.45, 2.75) is 46.0 Å². The molecule has 0 aliphatic rings. The van der Waals surface area contributed by atoms with Gasteiger partial charge in [-0.2, -0.15) is 0 Å². The monoisotopic (exact) mass is 385 g/mol. The van der Waals surface area contributed by atoms with Gasteiger partial charge in [-0.05, 0) is 26.2 Å². The summed E-state index contributed by atoms with van der Waals surface area (Å²) in [5, 5.41) is 6.48. The smallest absolute Gasteiger partial charge is 0.305 e. The van der Waals surface area contributed by atoms with Gasteiger partial charge in [0, 0.05) is 26.1 Å². The van der Waals surface area contributed by atoms with Crippen LogP contribution in [0.15, 0.2) is 4.99 Å². The molecule has 0 bridgehead atoms. The number of ether oxygens (including phenoxy) is 1. The normalized spacial score (nSPS) is 10.6. The second-order valence-electron chi connectivity index (χ2n) is 4.07. The van der Waals surface area contributed by atoms with Gasteiger partial charge in [0.25, 0.3) is 0 Å². The van der Waals surface area contributed by atoms with Crippen LogP contribution in [0.2, 0.25) is 0 Å². The molecule has 0 saturated carbocycles. The summed E-state index contributed by atoms with van der Waals surface area (Å²) < 4.78 is 4.58. The van der Waals surface area contributed by atoms with Gasteiger partial charge in [-0.1, -0.05) is 13.3 Å². The fourth-order valence-corrected chi connectivity index (χ4v) is 1.40. The number of nitrogens with zero attached hydrogens (tertiary/aromatic N) is 1. The number of nitrogens with one attached hydrogen (secondary N) is 2. The summed E-state index contributed by atoms with van der Waals surface area (Å²) in [7, 11) is 1.42.